The van der Waals surface area contributed by atoms with Crippen LogP contribution < -0.4 is 4.74 Å². The Morgan fingerprint density at radius 2 is 2.05 bits per heavy atom. The zero-order chi connectivity index (χ0) is 15.5. The molecule has 0 spiro atoms. The minimum Gasteiger partial charge on any atom is -0.436 e. The fourth-order valence-electron chi connectivity index (χ4n) is 2.41. The number of aliphatic hydroxyl groups is 1. The number of Topliss-reactive ketones (excluding diaryl/α,β-unsaturated/α-hetero) is 1. The van der Waals surface area contributed by atoms with Gasteiger partial charge in [0.05, 0.1) is 0 Å². The molecule has 1 N–H and O–H groups in total. The molecule has 5 heteroatoms. The molecule has 3 rings (SSSR count). The number of ketones is 1. The Morgan fingerprint density at radius 1 is 1.32 bits per heavy atom. The van der Waals surface area contributed by atoms with E-state index in [1.807, 2.05) is 12.1 Å². The number of halogens is 1. The van der Waals surface area contributed by atoms with E-state index in [-0.39, 0.29) is 11.4 Å². The topological polar surface area (TPSA) is 59.4 Å². The fraction of sp³-hybridized carbons (Fsp3) is 0.294. The predicted octanol–water partition coefficient (Wildman–Crippen LogP) is 3.46. The van der Waals surface area contributed by atoms with Crippen molar-refractivity contribution in [2.45, 2.75) is 25.2 Å². The van der Waals surface area contributed by atoms with Crippen LogP contribution in [0.5, 0.6) is 11.6 Å². The summed E-state index contributed by atoms with van der Waals surface area (Å²) in [7, 11) is 0. The molecule has 114 valence electrons. The molecule has 1 saturated carbocycles. The summed E-state index contributed by atoms with van der Waals surface area (Å²) in [4.78, 5) is 15.1. The summed E-state index contributed by atoms with van der Waals surface area (Å²) < 4.78 is 19.3. The van der Waals surface area contributed by atoms with Crippen molar-refractivity contribution in [1.29, 1.82) is 0 Å². The van der Waals surface area contributed by atoms with E-state index >= 15 is 0 Å². The lowest BCUT2D eigenvalue weighted by molar-refractivity contribution is 0.0903. The first kappa shape index (κ1) is 14.7. The largest absolute Gasteiger partial charge is 0.436 e. The van der Waals surface area contributed by atoms with E-state index in [9.17, 15) is 9.18 Å². The van der Waals surface area contributed by atoms with Crippen LogP contribution in [0.2, 0.25) is 0 Å². The lowest BCUT2D eigenvalue weighted by atomic mass is 9.80. The molecule has 22 heavy (non-hydrogen) atoms. The Labute approximate surface area is 127 Å². The summed E-state index contributed by atoms with van der Waals surface area (Å²) in [6.45, 7) is -0.677. The number of carbonyl (C=O) groups excluding carboxylic acids is 1. The summed E-state index contributed by atoms with van der Waals surface area (Å²) >= 11 is 0. The number of pyridine rings is 1. The standard InChI is InChI=1S/C17H16FNO3/c18-15-8-13(16(21)10-20)9-19-17(15)22-14-6-4-12(5-7-14)11-2-1-3-11/h4-9,11,20H,1-3,10H2. The van der Waals surface area contributed by atoms with E-state index in [1.165, 1.54) is 31.0 Å². The van der Waals surface area contributed by atoms with Crippen LogP contribution in [0.3, 0.4) is 0 Å². The number of hydrogen-bond donors (Lipinski definition) is 1. The number of aromatic nitrogens is 1. The fourth-order valence-corrected chi connectivity index (χ4v) is 2.41. The van der Waals surface area contributed by atoms with Gasteiger partial charge in [-0.25, -0.2) is 9.37 Å². The molecule has 0 saturated heterocycles. The van der Waals surface area contributed by atoms with E-state index in [0.717, 1.165) is 6.07 Å². The molecule has 1 fully saturated rings. The van der Waals surface area contributed by atoms with Gasteiger partial charge >= 0.3 is 0 Å². The van der Waals surface area contributed by atoms with Gasteiger partial charge in [-0.2, -0.15) is 0 Å². The lowest BCUT2D eigenvalue weighted by Gasteiger charge is -2.25. The molecule has 1 aromatic heterocycles. The molecule has 1 aliphatic rings. The van der Waals surface area contributed by atoms with E-state index in [1.54, 1.807) is 12.1 Å². The van der Waals surface area contributed by atoms with Crippen LogP contribution in [-0.2, 0) is 0 Å². The van der Waals surface area contributed by atoms with Crippen molar-refractivity contribution in [3.63, 3.8) is 0 Å². The van der Waals surface area contributed by atoms with Gasteiger partial charge in [0.25, 0.3) is 5.88 Å². The Hall–Kier alpha value is -2.27. The monoisotopic (exact) mass is 301 g/mol. The Kier molecular flexibility index (Phi) is 4.15. The summed E-state index contributed by atoms with van der Waals surface area (Å²) in [6, 6.07) is 8.58. The number of ether oxygens (including phenoxy) is 1. The second-order valence-electron chi connectivity index (χ2n) is 5.39. The van der Waals surface area contributed by atoms with Crippen molar-refractivity contribution < 1.29 is 19.0 Å². The third-order valence-corrected chi connectivity index (χ3v) is 3.94. The van der Waals surface area contributed by atoms with Crippen LogP contribution in [0.15, 0.2) is 36.5 Å². The van der Waals surface area contributed by atoms with Crippen molar-refractivity contribution in [2.75, 3.05) is 6.61 Å². The van der Waals surface area contributed by atoms with Crippen molar-refractivity contribution >= 4 is 5.78 Å². The quantitative estimate of drug-likeness (QED) is 0.859. The van der Waals surface area contributed by atoms with Crippen molar-refractivity contribution in [3.8, 4) is 11.6 Å². The number of nitrogens with zero attached hydrogens (tertiary/aromatic N) is 1. The second kappa shape index (κ2) is 6.23. The van der Waals surface area contributed by atoms with Crippen molar-refractivity contribution in [2.24, 2.45) is 0 Å². The van der Waals surface area contributed by atoms with Crippen LogP contribution in [0.25, 0.3) is 0 Å². The van der Waals surface area contributed by atoms with E-state index in [4.69, 9.17) is 9.84 Å². The summed E-state index contributed by atoms with van der Waals surface area (Å²) in [5.74, 6) is -0.376. The van der Waals surface area contributed by atoms with Crippen molar-refractivity contribution in [3.05, 3.63) is 53.5 Å². The van der Waals surface area contributed by atoms with Gasteiger partial charge in [-0.1, -0.05) is 18.6 Å². The molecule has 0 unspecified atom stereocenters. The number of carbonyl (C=O) groups is 1. The van der Waals surface area contributed by atoms with Crippen molar-refractivity contribution in [1.82, 2.24) is 4.98 Å². The molecule has 1 aromatic carbocycles. The third-order valence-electron chi connectivity index (χ3n) is 3.94. The Balaban J connectivity index is 1.73. The second-order valence-corrected chi connectivity index (χ2v) is 5.39. The normalized spacial score (nSPS) is 14.5. The highest BCUT2D eigenvalue weighted by Gasteiger charge is 2.19. The number of hydrogen-bond acceptors (Lipinski definition) is 4. The molecule has 0 amide bonds. The highest BCUT2D eigenvalue weighted by Crippen LogP contribution is 2.37. The molecule has 0 aliphatic heterocycles. The van der Waals surface area contributed by atoms with Gasteiger partial charge < -0.3 is 9.84 Å². The van der Waals surface area contributed by atoms with Gasteiger partial charge in [0.15, 0.2) is 11.6 Å². The van der Waals surface area contributed by atoms with E-state index in [2.05, 4.69) is 4.98 Å². The maximum absolute atomic E-state index is 13.9. The molecule has 0 radical (unpaired) electrons. The molecule has 1 aliphatic carbocycles. The smallest absolute Gasteiger partial charge is 0.255 e. The van der Waals surface area contributed by atoms with Gasteiger partial charge in [0.2, 0.25) is 0 Å². The van der Waals surface area contributed by atoms with Crippen LogP contribution in [-0.4, -0.2) is 22.5 Å². The van der Waals surface area contributed by atoms with Crippen LogP contribution in [0, 0.1) is 5.82 Å². The highest BCUT2D eigenvalue weighted by molar-refractivity contribution is 5.96. The molecular weight excluding hydrogens is 285 g/mol. The van der Waals surface area contributed by atoms with Crippen LogP contribution in [0.4, 0.5) is 4.39 Å². The average molecular weight is 301 g/mol. The maximum atomic E-state index is 13.9. The van der Waals surface area contributed by atoms with E-state index < -0.39 is 18.2 Å². The van der Waals surface area contributed by atoms with Crippen LogP contribution >= 0.6 is 0 Å². The molecule has 0 atom stereocenters. The molecule has 2 aromatic rings. The molecule has 0 bridgehead atoms. The minimum atomic E-state index is -0.734. The van der Waals surface area contributed by atoms with Gasteiger partial charge in [0.1, 0.15) is 12.4 Å². The predicted molar refractivity (Wildman–Crippen MR) is 78.7 cm³/mol. The Morgan fingerprint density at radius 3 is 2.59 bits per heavy atom. The average Bonchev–Trinajstić information content (AvgIpc) is 2.48. The van der Waals surface area contributed by atoms with Gasteiger partial charge in [0, 0.05) is 11.8 Å². The zero-order valence-corrected chi connectivity index (χ0v) is 12.0. The number of aliphatic hydroxyl groups excluding tert-OH is 1. The van der Waals surface area contributed by atoms with Crippen LogP contribution in [0.1, 0.15) is 41.1 Å². The maximum Gasteiger partial charge on any atom is 0.255 e. The van der Waals surface area contributed by atoms with Gasteiger partial charge in [-0.05, 0) is 42.5 Å². The lowest BCUT2D eigenvalue weighted by Crippen LogP contribution is -2.08. The molecule has 4 nitrogen and oxygen atoms in total. The zero-order valence-electron chi connectivity index (χ0n) is 12.0. The molecular formula is C17H16FNO3. The summed E-state index contributed by atoms with van der Waals surface area (Å²) in [5, 5.41) is 8.75. The first-order valence-corrected chi connectivity index (χ1v) is 7.25. The molecule has 1 heterocycles. The van der Waals surface area contributed by atoms with E-state index in [0.29, 0.717) is 11.7 Å². The minimum absolute atomic E-state index is 0.0210. The summed E-state index contributed by atoms with van der Waals surface area (Å²) in [6.07, 6.45) is 4.91. The highest BCUT2D eigenvalue weighted by atomic mass is 19.1. The summed E-state index contributed by atoms with van der Waals surface area (Å²) in [5.41, 5.74) is 1.30. The Bertz CT molecular complexity index is 681. The first-order valence-electron chi connectivity index (χ1n) is 7.25. The van der Waals surface area contributed by atoms with Gasteiger partial charge in [-0.3, -0.25) is 4.79 Å². The van der Waals surface area contributed by atoms with Gasteiger partial charge in [-0.15, -0.1) is 0 Å². The number of rotatable bonds is 5. The third kappa shape index (κ3) is 2.99. The first-order chi connectivity index (χ1) is 10.7. The number of benzene rings is 1. The SMILES string of the molecule is O=C(CO)c1cnc(Oc2ccc(C3CCC3)cc2)c(F)c1.